The predicted molar refractivity (Wildman–Crippen MR) is 58.2 cm³/mol. The first-order chi connectivity index (χ1) is 7.38. The summed E-state index contributed by atoms with van der Waals surface area (Å²) in [4.78, 5) is 4.32. The molecule has 0 aliphatic carbocycles. The maximum Gasteiger partial charge on any atom is 0.0853 e. The van der Waals surface area contributed by atoms with Crippen molar-refractivity contribution in [3.8, 4) is 0 Å². The summed E-state index contributed by atoms with van der Waals surface area (Å²) < 4.78 is 0. The van der Waals surface area contributed by atoms with Crippen LogP contribution in [-0.2, 0) is 32.5 Å². The molecule has 1 heterocycles. The van der Waals surface area contributed by atoms with Gasteiger partial charge in [-0.25, -0.2) is 0 Å². The third kappa shape index (κ3) is 3.51. The summed E-state index contributed by atoms with van der Waals surface area (Å²) in [6.45, 7) is -0.00760. The van der Waals surface area contributed by atoms with Crippen LogP contribution in [0.1, 0.15) is 17.0 Å². The number of aliphatic hydroxyl groups is 1. The van der Waals surface area contributed by atoms with Gasteiger partial charge in [0.2, 0.25) is 0 Å². The number of hydrogen-bond donors (Lipinski definition) is 1. The molecule has 0 saturated carbocycles. The fraction of sp³-hybridized carbons (Fsp3) is 0.154. The van der Waals surface area contributed by atoms with Crippen molar-refractivity contribution in [2.24, 2.45) is 0 Å². The summed E-state index contributed by atoms with van der Waals surface area (Å²) in [5.41, 5.74) is 2.78. The van der Waals surface area contributed by atoms with Crippen LogP contribution in [0.25, 0.3) is 0 Å². The van der Waals surface area contributed by atoms with E-state index in [9.17, 15) is 0 Å². The molecule has 2 aromatic rings. The van der Waals surface area contributed by atoms with Crippen LogP contribution < -0.4 is 0 Å². The first kappa shape index (κ1) is 13.0. The standard InChI is InChI=1S/C13H12NO.Rh/c15-10-13-8-4-7-12(14-13)9-11-5-2-1-3-6-11;/h1-5,7-8,15H,9-10H2;/q-1;. The Kier molecular flexibility index (Phi) is 5.30. The summed E-state index contributed by atoms with van der Waals surface area (Å²) in [7, 11) is 0. The van der Waals surface area contributed by atoms with Gasteiger partial charge in [-0.3, -0.25) is 4.98 Å². The molecule has 0 aliphatic rings. The van der Waals surface area contributed by atoms with Gasteiger partial charge in [0, 0.05) is 25.2 Å². The predicted octanol–water partition coefficient (Wildman–Crippen LogP) is 1.96. The topological polar surface area (TPSA) is 33.1 Å². The second kappa shape index (κ2) is 6.52. The third-order valence-corrected chi connectivity index (χ3v) is 2.17. The summed E-state index contributed by atoms with van der Waals surface area (Å²) >= 11 is 0. The van der Waals surface area contributed by atoms with Gasteiger partial charge in [0.1, 0.15) is 0 Å². The first-order valence-corrected chi connectivity index (χ1v) is 4.90. The number of rotatable bonds is 3. The van der Waals surface area contributed by atoms with Crippen molar-refractivity contribution in [1.29, 1.82) is 0 Å². The number of benzene rings is 1. The number of aromatic nitrogens is 1. The van der Waals surface area contributed by atoms with E-state index in [0.29, 0.717) is 5.69 Å². The van der Waals surface area contributed by atoms with Gasteiger partial charge in [0.25, 0.3) is 0 Å². The van der Waals surface area contributed by atoms with Gasteiger partial charge in [-0.2, -0.15) is 35.9 Å². The number of nitrogens with zero attached hydrogens (tertiary/aromatic N) is 1. The van der Waals surface area contributed by atoms with E-state index in [1.807, 2.05) is 42.5 Å². The van der Waals surface area contributed by atoms with E-state index < -0.39 is 0 Å². The molecule has 0 amide bonds. The van der Waals surface area contributed by atoms with Crippen LogP contribution in [0.4, 0.5) is 0 Å². The monoisotopic (exact) mass is 301 g/mol. The summed E-state index contributed by atoms with van der Waals surface area (Å²) in [6, 6.07) is 16.7. The molecule has 0 aliphatic heterocycles. The van der Waals surface area contributed by atoms with Crippen LogP contribution in [0.3, 0.4) is 0 Å². The SMILES string of the molecule is OCc1cccc(Cc2[c-]cccc2)n1.[Rh]. The van der Waals surface area contributed by atoms with Gasteiger partial charge in [-0.15, -0.1) is 0 Å². The van der Waals surface area contributed by atoms with Crippen molar-refractivity contribution in [1.82, 2.24) is 4.98 Å². The smallest absolute Gasteiger partial charge is 0.0853 e. The Labute approximate surface area is 108 Å². The summed E-state index contributed by atoms with van der Waals surface area (Å²) in [5, 5.41) is 8.96. The molecule has 2 rings (SSSR count). The van der Waals surface area contributed by atoms with E-state index in [1.54, 1.807) is 0 Å². The Hall–Kier alpha value is -1.05. The van der Waals surface area contributed by atoms with Gasteiger partial charge < -0.3 is 5.11 Å². The molecule has 0 saturated heterocycles. The Morgan fingerprint density at radius 3 is 2.56 bits per heavy atom. The molecule has 1 aromatic carbocycles. The van der Waals surface area contributed by atoms with Crippen LogP contribution >= 0.6 is 0 Å². The molecule has 0 spiro atoms. The molecule has 3 heteroatoms. The van der Waals surface area contributed by atoms with E-state index in [1.165, 1.54) is 0 Å². The van der Waals surface area contributed by atoms with E-state index in [2.05, 4.69) is 11.1 Å². The van der Waals surface area contributed by atoms with Gasteiger partial charge in [0.05, 0.1) is 12.3 Å². The van der Waals surface area contributed by atoms with Crippen LogP contribution in [0.15, 0.2) is 42.5 Å². The van der Waals surface area contributed by atoms with Crippen LogP contribution in [0, 0.1) is 6.07 Å². The average Bonchev–Trinajstić information content (AvgIpc) is 2.31. The zero-order chi connectivity index (χ0) is 10.5. The molecule has 0 fully saturated rings. The molecular weight excluding hydrogens is 289 g/mol. The third-order valence-electron chi connectivity index (χ3n) is 2.17. The molecule has 0 bridgehead atoms. The molecule has 16 heavy (non-hydrogen) atoms. The second-order valence-electron chi connectivity index (χ2n) is 3.34. The van der Waals surface area contributed by atoms with Crippen LogP contribution in [0.2, 0.25) is 0 Å². The largest absolute Gasteiger partial charge is 0.390 e. The zero-order valence-electron chi connectivity index (χ0n) is 8.68. The van der Waals surface area contributed by atoms with E-state index in [4.69, 9.17) is 5.11 Å². The fourth-order valence-electron chi connectivity index (χ4n) is 1.45. The second-order valence-corrected chi connectivity index (χ2v) is 3.34. The fourth-order valence-corrected chi connectivity index (χ4v) is 1.45. The van der Waals surface area contributed by atoms with Gasteiger partial charge >= 0.3 is 0 Å². The molecule has 0 atom stereocenters. The quantitative estimate of drug-likeness (QED) is 0.694. The Balaban J connectivity index is 0.00000128. The van der Waals surface area contributed by atoms with Crippen molar-refractivity contribution in [2.75, 3.05) is 0 Å². The normalized spacial score (nSPS) is 9.56. The molecule has 1 radical (unpaired) electrons. The Morgan fingerprint density at radius 1 is 1.06 bits per heavy atom. The van der Waals surface area contributed by atoms with Gasteiger partial charge in [0.15, 0.2) is 0 Å². The van der Waals surface area contributed by atoms with E-state index in [0.717, 1.165) is 17.7 Å². The molecule has 0 unspecified atom stereocenters. The van der Waals surface area contributed by atoms with Gasteiger partial charge in [-0.05, 0) is 18.6 Å². The van der Waals surface area contributed by atoms with Crippen molar-refractivity contribution in [3.05, 3.63) is 65.5 Å². The summed E-state index contributed by atoms with van der Waals surface area (Å²) in [5.74, 6) is 0. The van der Waals surface area contributed by atoms with Crippen molar-refractivity contribution in [2.45, 2.75) is 13.0 Å². The van der Waals surface area contributed by atoms with Crippen molar-refractivity contribution >= 4 is 0 Å². The minimum absolute atomic E-state index is 0. The maximum absolute atomic E-state index is 8.96. The minimum atomic E-state index is -0.00760. The molecule has 85 valence electrons. The first-order valence-electron chi connectivity index (χ1n) is 4.90. The number of pyridine rings is 1. The van der Waals surface area contributed by atoms with Crippen LogP contribution in [-0.4, -0.2) is 10.1 Å². The minimum Gasteiger partial charge on any atom is -0.390 e. The molecule has 1 N–H and O–H groups in total. The van der Waals surface area contributed by atoms with E-state index >= 15 is 0 Å². The molecule has 1 aromatic heterocycles. The Morgan fingerprint density at radius 2 is 1.88 bits per heavy atom. The van der Waals surface area contributed by atoms with Crippen molar-refractivity contribution < 1.29 is 24.6 Å². The maximum atomic E-state index is 8.96. The number of aliphatic hydroxyl groups excluding tert-OH is 1. The number of hydrogen-bond acceptors (Lipinski definition) is 2. The average molecular weight is 301 g/mol. The van der Waals surface area contributed by atoms with Crippen molar-refractivity contribution in [3.63, 3.8) is 0 Å². The molecule has 2 nitrogen and oxygen atoms in total. The van der Waals surface area contributed by atoms with Gasteiger partial charge in [-0.1, -0.05) is 6.07 Å². The summed E-state index contributed by atoms with van der Waals surface area (Å²) in [6.07, 6.45) is 0.759. The van der Waals surface area contributed by atoms with E-state index in [-0.39, 0.29) is 26.1 Å². The zero-order valence-corrected chi connectivity index (χ0v) is 10.3. The molecular formula is C13H12NORh-. The Bertz CT molecular complexity index is 431. The van der Waals surface area contributed by atoms with Crippen LogP contribution in [0.5, 0.6) is 0 Å².